The zero-order valence-corrected chi connectivity index (χ0v) is 25.6. The van der Waals surface area contributed by atoms with Gasteiger partial charge in [-0.15, -0.1) is 0 Å². The first-order valence-electron chi connectivity index (χ1n) is 14.9. The van der Waals surface area contributed by atoms with E-state index < -0.39 is 35.1 Å². The molecule has 3 fully saturated rings. The van der Waals surface area contributed by atoms with Crippen LogP contribution in [0.3, 0.4) is 0 Å². The summed E-state index contributed by atoms with van der Waals surface area (Å²) in [5, 5.41) is 16.5. The summed E-state index contributed by atoms with van der Waals surface area (Å²) in [5.74, 6) is -2.26. The van der Waals surface area contributed by atoms with E-state index in [1.54, 1.807) is 24.3 Å². The Morgan fingerprint density at radius 2 is 1.81 bits per heavy atom. The third kappa shape index (κ3) is 4.67. The van der Waals surface area contributed by atoms with Gasteiger partial charge < -0.3 is 30.1 Å². The Hall–Kier alpha value is -3.43. The fourth-order valence-corrected chi connectivity index (χ4v) is 7.45. The maximum absolute atomic E-state index is 14.5. The van der Waals surface area contributed by atoms with E-state index in [1.165, 1.54) is 4.90 Å². The molecule has 3 saturated heterocycles. The Morgan fingerprint density at radius 3 is 2.43 bits per heavy atom. The van der Waals surface area contributed by atoms with Gasteiger partial charge >= 0.3 is 0 Å². The van der Waals surface area contributed by atoms with Crippen LogP contribution in [0.1, 0.15) is 52.2 Å². The lowest BCUT2D eigenvalue weighted by molar-refractivity contribution is -0.149. The van der Waals surface area contributed by atoms with E-state index in [4.69, 9.17) is 9.47 Å². The summed E-state index contributed by atoms with van der Waals surface area (Å²) in [6.45, 7) is 13.7. The molecule has 3 amide bonds. The molecule has 9 heteroatoms. The maximum atomic E-state index is 14.5. The van der Waals surface area contributed by atoms with E-state index in [-0.39, 0.29) is 36.2 Å². The minimum atomic E-state index is -1.21. The number of nitrogens with zero attached hydrogens (tertiary/aromatic N) is 1. The second kappa shape index (κ2) is 11.0. The van der Waals surface area contributed by atoms with Crippen LogP contribution in [0.25, 0.3) is 0 Å². The van der Waals surface area contributed by atoms with Crippen molar-refractivity contribution >= 4 is 29.1 Å². The minimum Gasteiger partial charge on any atom is -0.494 e. The Kier molecular flexibility index (Phi) is 7.87. The Balaban J connectivity index is 1.55. The smallest absolute Gasteiger partial charge is 0.250 e. The number of aliphatic hydroxyl groups excluding tert-OH is 1. The molecular weight excluding hydrogens is 534 g/mol. The van der Waals surface area contributed by atoms with Crippen molar-refractivity contribution in [1.82, 2.24) is 4.90 Å². The molecule has 3 aliphatic heterocycles. The number of ether oxygens (including phenoxy) is 2. The van der Waals surface area contributed by atoms with E-state index in [0.717, 1.165) is 11.1 Å². The number of carbonyl (C=O) groups is 3. The number of hydrogen-bond acceptors (Lipinski definition) is 6. The number of likely N-dealkylation sites (tertiary alicyclic amines) is 1. The lowest BCUT2D eigenvalue weighted by Gasteiger charge is -2.38. The third-order valence-corrected chi connectivity index (χ3v) is 9.68. The quantitative estimate of drug-likeness (QED) is 0.409. The van der Waals surface area contributed by atoms with Crippen LogP contribution in [0.2, 0.25) is 0 Å². The summed E-state index contributed by atoms with van der Waals surface area (Å²) >= 11 is 0. The van der Waals surface area contributed by atoms with E-state index in [2.05, 4.69) is 10.6 Å². The normalized spacial score (nSPS) is 30.4. The number of nitrogens with one attached hydrogen (secondary N) is 2. The van der Waals surface area contributed by atoms with Gasteiger partial charge in [-0.1, -0.05) is 32.9 Å². The summed E-state index contributed by atoms with van der Waals surface area (Å²) in [7, 11) is 0. The number of aliphatic hydroxyl groups is 1. The fourth-order valence-electron chi connectivity index (χ4n) is 7.45. The lowest BCUT2D eigenvalue weighted by atomic mass is 9.62. The monoisotopic (exact) mass is 577 g/mol. The molecule has 42 heavy (non-hydrogen) atoms. The van der Waals surface area contributed by atoms with Crippen molar-refractivity contribution in [3.05, 3.63) is 53.6 Å². The number of amides is 3. The number of rotatable bonds is 9. The summed E-state index contributed by atoms with van der Waals surface area (Å²) in [5.41, 5.74) is 0.966. The van der Waals surface area contributed by atoms with Crippen molar-refractivity contribution in [1.29, 1.82) is 0 Å². The number of benzene rings is 2. The van der Waals surface area contributed by atoms with Gasteiger partial charge in [0.25, 0.3) is 0 Å². The predicted octanol–water partition coefficient (Wildman–Crippen LogP) is 4.31. The van der Waals surface area contributed by atoms with E-state index in [0.29, 0.717) is 30.2 Å². The van der Waals surface area contributed by atoms with Crippen LogP contribution < -0.4 is 15.4 Å². The van der Waals surface area contributed by atoms with E-state index in [9.17, 15) is 19.5 Å². The molecule has 3 aliphatic rings. The lowest BCUT2D eigenvalue weighted by Crippen LogP contribution is -2.57. The molecule has 0 radical (unpaired) electrons. The van der Waals surface area contributed by atoms with Crippen LogP contribution in [-0.2, 0) is 19.1 Å². The van der Waals surface area contributed by atoms with E-state index in [1.807, 2.05) is 66.7 Å². The maximum Gasteiger partial charge on any atom is 0.250 e. The Bertz CT molecular complexity index is 1380. The minimum absolute atomic E-state index is 0.0970. The van der Waals surface area contributed by atoms with Crippen molar-refractivity contribution in [2.45, 2.75) is 78.2 Å². The summed E-state index contributed by atoms with van der Waals surface area (Å²) < 4.78 is 12.3. The van der Waals surface area contributed by atoms with Gasteiger partial charge in [0.05, 0.1) is 36.7 Å². The molecule has 3 heterocycles. The summed E-state index contributed by atoms with van der Waals surface area (Å²) in [6.07, 6.45) is 0.449. The predicted molar refractivity (Wildman–Crippen MR) is 160 cm³/mol. The highest BCUT2D eigenvalue weighted by molar-refractivity contribution is 6.05. The molecular formula is C33H43N3O6. The summed E-state index contributed by atoms with van der Waals surface area (Å²) in [6, 6.07) is 11.3. The highest BCUT2D eigenvalue weighted by Gasteiger charge is 2.80. The van der Waals surface area contributed by atoms with Crippen molar-refractivity contribution in [3.8, 4) is 5.75 Å². The van der Waals surface area contributed by atoms with Gasteiger partial charge in [0.1, 0.15) is 17.4 Å². The first-order valence-corrected chi connectivity index (χ1v) is 14.9. The van der Waals surface area contributed by atoms with Crippen molar-refractivity contribution in [2.24, 2.45) is 23.7 Å². The third-order valence-electron chi connectivity index (χ3n) is 9.68. The molecule has 5 rings (SSSR count). The topological polar surface area (TPSA) is 117 Å². The SMILES string of the molecule is CCOc1ccc(NC(=O)[C@H]2[C@H]3C(=O)N([C@@H](CO)C(C)C)C(C(=O)Nc4cc(C)ccc4C)C34CC(C)[C@]2(C)O4)cc1. The first kappa shape index (κ1) is 30.0. The molecule has 1 spiro atoms. The van der Waals surface area contributed by atoms with Crippen LogP contribution >= 0.6 is 0 Å². The van der Waals surface area contributed by atoms with Gasteiger partial charge in [-0.05, 0) is 87.4 Å². The molecule has 3 unspecified atom stereocenters. The number of carbonyl (C=O) groups excluding carboxylic acids is 3. The number of fused-ring (bicyclic) bond motifs is 1. The van der Waals surface area contributed by atoms with Crippen LogP contribution in [-0.4, -0.2) is 64.2 Å². The van der Waals surface area contributed by atoms with Crippen molar-refractivity contribution in [3.63, 3.8) is 0 Å². The molecule has 3 N–H and O–H groups in total. The molecule has 2 aromatic rings. The molecule has 0 aliphatic carbocycles. The van der Waals surface area contributed by atoms with Crippen LogP contribution in [0.4, 0.5) is 11.4 Å². The van der Waals surface area contributed by atoms with E-state index >= 15 is 0 Å². The van der Waals surface area contributed by atoms with Crippen molar-refractivity contribution in [2.75, 3.05) is 23.8 Å². The first-order chi connectivity index (χ1) is 19.9. The molecule has 7 atom stereocenters. The zero-order chi connectivity index (χ0) is 30.6. The Labute approximate surface area is 248 Å². The number of aryl methyl sites for hydroxylation is 2. The molecule has 0 aromatic heterocycles. The molecule has 0 saturated carbocycles. The van der Waals surface area contributed by atoms with Gasteiger partial charge in [0, 0.05) is 11.4 Å². The second-order valence-corrected chi connectivity index (χ2v) is 12.7. The number of anilines is 2. The zero-order valence-electron chi connectivity index (χ0n) is 25.6. The van der Waals surface area contributed by atoms with Gasteiger partial charge in [0.2, 0.25) is 17.7 Å². The molecule has 2 bridgehead atoms. The number of hydrogen-bond donors (Lipinski definition) is 3. The molecule has 9 nitrogen and oxygen atoms in total. The van der Waals surface area contributed by atoms with Crippen LogP contribution in [0.15, 0.2) is 42.5 Å². The molecule has 226 valence electrons. The van der Waals surface area contributed by atoms with Gasteiger partial charge in [-0.25, -0.2) is 0 Å². The van der Waals surface area contributed by atoms with Crippen LogP contribution in [0.5, 0.6) is 5.75 Å². The average molecular weight is 578 g/mol. The fraction of sp³-hybridized carbons (Fsp3) is 0.545. The second-order valence-electron chi connectivity index (χ2n) is 12.7. The highest BCUT2D eigenvalue weighted by Crippen LogP contribution is 2.65. The van der Waals surface area contributed by atoms with Crippen molar-refractivity contribution < 1.29 is 29.0 Å². The largest absolute Gasteiger partial charge is 0.494 e. The average Bonchev–Trinajstić information content (AvgIpc) is 3.44. The van der Waals surface area contributed by atoms with Gasteiger partial charge in [-0.2, -0.15) is 0 Å². The standard InChI is InChI=1S/C33H43N3O6/c1-8-41-23-13-11-22(12-14-23)34-29(38)26-27-31(40)36(25(17-37)18(2)3)28(33(27)16-21(6)32(26,7)42-33)30(39)35-24-15-19(4)9-10-20(24)5/h9-15,18,21,25-28,37H,8,16-17H2,1-7H3,(H,34,38)(H,35,39)/t21?,25-,26+,27-,28?,32-,33?/m0/s1. The Morgan fingerprint density at radius 1 is 1.12 bits per heavy atom. The summed E-state index contributed by atoms with van der Waals surface area (Å²) in [4.78, 5) is 44.3. The molecule has 2 aromatic carbocycles. The van der Waals surface area contributed by atoms with Gasteiger partial charge in [0.15, 0.2) is 0 Å². The van der Waals surface area contributed by atoms with Crippen LogP contribution in [0, 0.1) is 37.5 Å². The highest BCUT2D eigenvalue weighted by atomic mass is 16.5. The van der Waals surface area contributed by atoms with Gasteiger partial charge in [-0.3, -0.25) is 14.4 Å².